The predicted octanol–water partition coefficient (Wildman–Crippen LogP) is 4.75. The van der Waals surface area contributed by atoms with Crippen molar-refractivity contribution >= 4 is 32.9 Å². The second kappa shape index (κ2) is 6.68. The van der Waals surface area contributed by atoms with Crippen molar-refractivity contribution in [3.63, 3.8) is 0 Å². The molecule has 1 unspecified atom stereocenters. The monoisotopic (exact) mass is 393 g/mol. The zero-order valence-corrected chi connectivity index (χ0v) is 14.3. The molecule has 1 atom stereocenters. The highest BCUT2D eigenvalue weighted by Gasteiger charge is 2.15. The summed E-state index contributed by atoms with van der Waals surface area (Å²) in [6, 6.07) is 12.1. The molecule has 0 saturated carbocycles. The molecule has 0 radical (unpaired) electrons. The van der Waals surface area contributed by atoms with Crippen molar-refractivity contribution in [3.8, 4) is 0 Å². The van der Waals surface area contributed by atoms with Crippen molar-refractivity contribution in [1.29, 1.82) is 0 Å². The Labute approximate surface area is 145 Å². The number of aromatic nitrogens is 2. The molecule has 24 heavy (non-hydrogen) atoms. The number of rotatable bonds is 4. The van der Waals surface area contributed by atoms with Crippen molar-refractivity contribution in [2.45, 2.75) is 19.4 Å². The Balaban J connectivity index is 1.80. The molecular formula is C17H14BrF2N3O. The van der Waals surface area contributed by atoms with Gasteiger partial charge in [0.1, 0.15) is 0 Å². The number of halogens is 3. The zero-order chi connectivity index (χ0) is 17.3. The number of hydrogen-bond acceptors (Lipinski definition) is 2. The fourth-order valence-electron chi connectivity index (χ4n) is 2.41. The van der Waals surface area contributed by atoms with E-state index >= 15 is 0 Å². The first-order chi connectivity index (χ1) is 11.4. The molecule has 3 aromatic rings. The average Bonchev–Trinajstić information content (AvgIpc) is 2.98. The Morgan fingerprint density at radius 1 is 1.25 bits per heavy atom. The van der Waals surface area contributed by atoms with E-state index in [1.165, 1.54) is 6.07 Å². The third kappa shape index (κ3) is 3.46. The van der Waals surface area contributed by atoms with Gasteiger partial charge in [0.05, 0.1) is 17.1 Å². The van der Waals surface area contributed by atoms with Crippen molar-refractivity contribution < 1.29 is 13.6 Å². The van der Waals surface area contributed by atoms with Crippen LogP contribution in [-0.4, -0.2) is 15.9 Å². The molecule has 0 fully saturated rings. The minimum absolute atomic E-state index is 0.191. The first kappa shape index (κ1) is 16.6. The van der Waals surface area contributed by atoms with Gasteiger partial charge in [0.2, 0.25) is 0 Å². The fourth-order valence-corrected chi connectivity index (χ4v) is 2.83. The van der Waals surface area contributed by atoms with Crippen LogP contribution in [0.25, 0.3) is 11.0 Å². The lowest BCUT2D eigenvalue weighted by Gasteiger charge is -2.14. The number of H-pyrrole nitrogens is 1. The number of alkyl halides is 2. The molecule has 2 N–H and O–H groups in total. The zero-order valence-electron chi connectivity index (χ0n) is 12.7. The minimum atomic E-state index is -2.67. The summed E-state index contributed by atoms with van der Waals surface area (Å²) in [5.74, 6) is -0.678. The summed E-state index contributed by atoms with van der Waals surface area (Å²) in [5, 5.41) is 2.89. The number of hydrogen-bond donors (Lipinski definition) is 2. The van der Waals surface area contributed by atoms with Gasteiger partial charge in [0, 0.05) is 10.0 Å². The number of nitrogens with one attached hydrogen (secondary N) is 2. The number of aromatic amines is 1. The van der Waals surface area contributed by atoms with E-state index < -0.39 is 12.2 Å². The quantitative estimate of drug-likeness (QED) is 0.671. The summed E-state index contributed by atoms with van der Waals surface area (Å²) in [7, 11) is 0. The van der Waals surface area contributed by atoms with Gasteiger partial charge in [-0.15, -0.1) is 0 Å². The standard InChI is InChI=1S/C17H14BrF2N3O/c1-9(10-3-2-4-12(18)7-10)21-17(24)11-5-6-13-14(8-11)23-16(22-13)15(19)20/h2-9,15H,1H3,(H,21,24)(H,22,23). The lowest BCUT2D eigenvalue weighted by atomic mass is 10.1. The molecule has 0 aliphatic carbocycles. The smallest absolute Gasteiger partial charge is 0.295 e. The van der Waals surface area contributed by atoms with Gasteiger partial charge in [-0.05, 0) is 42.8 Å². The van der Waals surface area contributed by atoms with E-state index in [9.17, 15) is 13.6 Å². The predicted molar refractivity (Wildman–Crippen MR) is 91.1 cm³/mol. The molecule has 7 heteroatoms. The highest BCUT2D eigenvalue weighted by Crippen LogP contribution is 2.22. The lowest BCUT2D eigenvalue weighted by Crippen LogP contribution is -2.26. The van der Waals surface area contributed by atoms with Gasteiger partial charge in [0.25, 0.3) is 12.3 Å². The maximum Gasteiger partial charge on any atom is 0.295 e. The van der Waals surface area contributed by atoms with E-state index in [0.29, 0.717) is 16.6 Å². The van der Waals surface area contributed by atoms with Crippen LogP contribution >= 0.6 is 15.9 Å². The van der Waals surface area contributed by atoms with Gasteiger partial charge < -0.3 is 10.3 Å². The van der Waals surface area contributed by atoms with E-state index in [-0.39, 0.29) is 11.9 Å². The minimum Gasteiger partial charge on any atom is -0.346 e. The molecule has 124 valence electrons. The Bertz CT molecular complexity index is 894. The van der Waals surface area contributed by atoms with Crippen molar-refractivity contribution in [3.05, 3.63) is 63.9 Å². The maximum absolute atomic E-state index is 12.7. The van der Waals surface area contributed by atoms with Crippen molar-refractivity contribution in [1.82, 2.24) is 15.3 Å². The van der Waals surface area contributed by atoms with Crippen LogP contribution in [0.15, 0.2) is 46.9 Å². The molecular weight excluding hydrogens is 380 g/mol. The van der Waals surface area contributed by atoms with Gasteiger partial charge in [0.15, 0.2) is 5.82 Å². The second-order valence-electron chi connectivity index (χ2n) is 5.40. The van der Waals surface area contributed by atoms with Gasteiger partial charge in [-0.1, -0.05) is 28.1 Å². The van der Waals surface area contributed by atoms with Gasteiger partial charge in [-0.2, -0.15) is 0 Å². The molecule has 0 spiro atoms. The second-order valence-corrected chi connectivity index (χ2v) is 6.32. The number of carbonyl (C=O) groups excluding carboxylic acids is 1. The summed E-state index contributed by atoms with van der Waals surface area (Å²) in [6.07, 6.45) is -2.67. The number of fused-ring (bicyclic) bond motifs is 1. The molecule has 1 amide bonds. The van der Waals surface area contributed by atoms with E-state index in [4.69, 9.17) is 0 Å². The topological polar surface area (TPSA) is 57.8 Å². The van der Waals surface area contributed by atoms with Crippen LogP contribution in [0, 0.1) is 0 Å². The van der Waals surface area contributed by atoms with E-state index in [0.717, 1.165) is 10.0 Å². The Kier molecular flexibility index (Phi) is 4.62. The highest BCUT2D eigenvalue weighted by atomic mass is 79.9. The molecule has 3 rings (SSSR count). The van der Waals surface area contributed by atoms with Gasteiger partial charge in [-0.25, -0.2) is 13.8 Å². The first-order valence-corrected chi connectivity index (χ1v) is 8.07. The molecule has 0 bridgehead atoms. The Morgan fingerprint density at radius 3 is 2.75 bits per heavy atom. The van der Waals surface area contributed by atoms with Gasteiger partial charge in [-0.3, -0.25) is 4.79 Å². The van der Waals surface area contributed by atoms with Crippen LogP contribution in [-0.2, 0) is 0 Å². The van der Waals surface area contributed by atoms with E-state index in [1.807, 2.05) is 31.2 Å². The number of benzene rings is 2. The summed E-state index contributed by atoms with van der Waals surface area (Å²) in [6.45, 7) is 1.88. The van der Waals surface area contributed by atoms with Crippen LogP contribution in [0.3, 0.4) is 0 Å². The van der Waals surface area contributed by atoms with Crippen LogP contribution in [0.2, 0.25) is 0 Å². The molecule has 0 aliphatic heterocycles. The fraction of sp³-hybridized carbons (Fsp3) is 0.176. The first-order valence-electron chi connectivity index (χ1n) is 7.28. The third-order valence-corrected chi connectivity index (χ3v) is 4.16. The largest absolute Gasteiger partial charge is 0.346 e. The molecule has 1 aromatic heterocycles. The summed E-state index contributed by atoms with van der Waals surface area (Å²) >= 11 is 3.40. The normalized spacial score (nSPS) is 12.5. The Hall–Kier alpha value is -2.28. The number of carbonyl (C=O) groups is 1. The van der Waals surface area contributed by atoms with Crippen LogP contribution < -0.4 is 5.32 Å². The van der Waals surface area contributed by atoms with E-state index in [2.05, 4.69) is 31.2 Å². The third-order valence-electron chi connectivity index (χ3n) is 3.67. The molecule has 0 saturated heterocycles. The number of amides is 1. The SMILES string of the molecule is CC(NC(=O)c1ccc2nc(C(F)F)[nH]c2c1)c1cccc(Br)c1. The molecule has 1 heterocycles. The molecule has 2 aromatic carbocycles. The Morgan fingerprint density at radius 2 is 2.04 bits per heavy atom. The summed E-state index contributed by atoms with van der Waals surface area (Å²) < 4.78 is 26.3. The molecule has 4 nitrogen and oxygen atoms in total. The highest BCUT2D eigenvalue weighted by molar-refractivity contribution is 9.10. The van der Waals surface area contributed by atoms with Crippen molar-refractivity contribution in [2.75, 3.05) is 0 Å². The van der Waals surface area contributed by atoms with Crippen LogP contribution in [0.1, 0.15) is 41.1 Å². The van der Waals surface area contributed by atoms with Crippen molar-refractivity contribution in [2.24, 2.45) is 0 Å². The molecule has 0 aliphatic rings. The summed E-state index contributed by atoms with van der Waals surface area (Å²) in [4.78, 5) is 18.7. The number of imidazole rings is 1. The number of nitrogens with zero attached hydrogens (tertiary/aromatic N) is 1. The summed E-state index contributed by atoms with van der Waals surface area (Å²) in [5.41, 5.74) is 2.16. The van der Waals surface area contributed by atoms with Gasteiger partial charge >= 0.3 is 0 Å². The van der Waals surface area contributed by atoms with Crippen LogP contribution in [0.5, 0.6) is 0 Å². The maximum atomic E-state index is 12.7. The van der Waals surface area contributed by atoms with E-state index in [1.54, 1.807) is 12.1 Å². The lowest BCUT2D eigenvalue weighted by molar-refractivity contribution is 0.0940. The average molecular weight is 394 g/mol. The van der Waals surface area contributed by atoms with Crippen LogP contribution in [0.4, 0.5) is 8.78 Å².